The van der Waals surface area contributed by atoms with Gasteiger partial charge in [0.15, 0.2) is 0 Å². The maximum absolute atomic E-state index is 12.1. The number of hydrogen-bond acceptors (Lipinski definition) is 4. The minimum atomic E-state index is -3.04. The lowest BCUT2D eigenvalue weighted by atomic mass is 10.2. The van der Waals surface area contributed by atoms with Gasteiger partial charge in [-0.1, -0.05) is 30.3 Å². The Kier molecular flexibility index (Phi) is 6.41. The van der Waals surface area contributed by atoms with Crippen LogP contribution in [0.2, 0.25) is 0 Å². The summed E-state index contributed by atoms with van der Waals surface area (Å²) in [6.45, 7) is 4.22. The van der Waals surface area contributed by atoms with Crippen LogP contribution in [0, 0.1) is 0 Å². The summed E-state index contributed by atoms with van der Waals surface area (Å²) in [6.07, 6.45) is 2.10. The Bertz CT molecular complexity index is 604. The van der Waals surface area contributed by atoms with Crippen molar-refractivity contribution in [2.75, 3.05) is 44.7 Å². The molecule has 0 aromatic heterocycles. The lowest BCUT2D eigenvalue weighted by Crippen LogP contribution is -2.43. The summed E-state index contributed by atoms with van der Waals surface area (Å²) in [4.78, 5) is 16.2. The highest BCUT2D eigenvalue weighted by Gasteiger charge is 2.19. The second-order valence-corrected chi connectivity index (χ2v) is 8.22. The van der Waals surface area contributed by atoms with E-state index in [4.69, 9.17) is 0 Å². The van der Waals surface area contributed by atoms with Crippen LogP contribution in [0.15, 0.2) is 30.3 Å². The standard InChI is InChI=1S/C16H25N3O3S/c1-23(21,22)13-8-17-16(20)19-10-5-9-18(11-12-19)14-15-6-3-2-4-7-15/h2-4,6-7H,5,8-14H2,1H3,(H,17,20). The molecule has 0 saturated carbocycles. The summed E-state index contributed by atoms with van der Waals surface area (Å²) in [5, 5.41) is 2.69. The van der Waals surface area contributed by atoms with Crippen LogP contribution < -0.4 is 5.32 Å². The van der Waals surface area contributed by atoms with Gasteiger partial charge in [-0.05, 0) is 12.0 Å². The van der Waals surface area contributed by atoms with E-state index in [1.807, 2.05) is 18.2 Å². The molecule has 2 amide bonds. The molecule has 0 radical (unpaired) electrons. The third-order valence-corrected chi connectivity index (χ3v) is 4.82. The Morgan fingerprint density at radius 2 is 1.87 bits per heavy atom. The average molecular weight is 339 g/mol. The molecule has 1 aliphatic rings. The van der Waals surface area contributed by atoms with Gasteiger partial charge in [0.2, 0.25) is 0 Å². The normalized spacial score (nSPS) is 16.8. The van der Waals surface area contributed by atoms with Gasteiger partial charge in [-0.15, -0.1) is 0 Å². The molecule has 1 aromatic carbocycles. The van der Waals surface area contributed by atoms with Crippen molar-refractivity contribution in [1.82, 2.24) is 15.1 Å². The zero-order valence-electron chi connectivity index (χ0n) is 13.6. The molecule has 1 saturated heterocycles. The number of urea groups is 1. The van der Waals surface area contributed by atoms with Gasteiger partial charge >= 0.3 is 6.03 Å². The van der Waals surface area contributed by atoms with Gasteiger partial charge in [0.25, 0.3) is 0 Å². The van der Waals surface area contributed by atoms with Crippen molar-refractivity contribution in [2.45, 2.75) is 13.0 Å². The zero-order valence-corrected chi connectivity index (χ0v) is 14.4. The van der Waals surface area contributed by atoms with Crippen LogP contribution in [-0.4, -0.2) is 69.0 Å². The molecular weight excluding hydrogens is 314 g/mol. The second kappa shape index (κ2) is 8.31. The van der Waals surface area contributed by atoms with Crippen LogP contribution in [-0.2, 0) is 16.4 Å². The molecule has 23 heavy (non-hydrogen) atoms. The van der Waals surface area contributed by atoms with Crippen molar-refractivity contribution in [3.63, 3.8) is 0 Å². The predicted molar refractivity (Wildman–Crippen MR) is 91.0 cm³/mol. The first-order valence-electron chi connectivity index (χ1n) is 7.91. The van der Waals surface area contributed by atoms with Crippen molar-refractivity contribution in [1.29, 1.82) is 0 Å². The number of sulfone groups is 1. The molecule has 1 aliphatic heterocycles. The SMILES string of the molecule is CS(=O)(=O)CCNC(=O)N1CCCN(Cc2ccccc2)CC1. The molecule has 0 aliphatic carbocycles. The molecular formula is C16H25N3O3S. The van der Waals surface area contributed by atoms with E-state index in [1.54, 1.807) is 4.90 Å². The van der Waals surface area contributed by atoms with E-state index in [2.05, 4.69) is 22.3 Å². The highest BCUT2D eigenvalue weighted by Crippen LogP contribution is 2.09. The van der Waals surface area contributed by atoms with Crippen molar-refractivity contribution < 1.29 is 13.2 Å². The molecule has 1 N–H and O–H groups in total. The minimum Gasteiger partial charge on any atom is -0.337 e. The fourth-order valence-corrected chi connectivity index (χ4v) is 3.10. The molecule has 1 aromatic rings. The molecule has 1 fully saturated rings. The summed E-state index contributed by atoms with van der Waals surface area (Å²) >= 11 is 0. The third-order valence-electron chi connectivity index (χ3n) is 3.87. The highest BCUT2D eigenvalue weighted by atomic mass is 32.2. The quantitative estimate of drug-likeness (QED) is 0.867. The minimum absolute atomic E-state index is 0.0211. The number of hydrogen-bond donors (Lipinski definition) is 1. The highest BCUT2D eigenvalue weighted by molar-refractivity contribution is 7.90. The van der Waals surface area contributed by atoms with E-state index in [0.29, 0.717) is 13.1 Å². The van der Waals surface area contributed by atoms with Gasteiger partial charge in [-0.3, -0.25) is 4.90 Å². The Balaban J connectivity index is 1.78. The first kappa shape index (κ1) is 17.7. The molecule has 0 bridgehead atoms. The first-order valence-corrected chi connectivity index (χ1v) is 9.97. The summed E-state index contributed by atoms with van der Waals surface area (Å²) in [5.74, 6) is -0.0211. The predicted octanol–water partition coefficient (Wildman–Crippen LogP) is 0.949. The average Bonchev–Trinajstić information content (AvgIpc) is 2.72. The van der Waals surface area contributed by atoms with E-state index < -0.39 is 9.84 Å². The Morgan fingerprint density at radius 1 is 1.13 bits per heavy atom. The number of benzene rings is 1. The van der Waals surface area contributed by atoms with Crippen LogP contribution in [0.25, 0.3) is 0 Å². The molecule has 0 spiro atoms. The van der Waals surface area contributed by atoms with Crippen LogP contribution in [0.1, 0.15) is 12.0 Å². The summed E-state index contributed by atoms with van der Waals surface area (Å²) in [6, 6.07) is 10.1. The van der Waals surface area contributed by atoms with E-state index >= 15 is 0 Å². The number of nitrogens with one attached hydrogen (secondary N) is 1. The van der Waals surface area contributed by atoms with E-state index in [-0.39, 0.29) is 18.3 Å². The fourth-order valence-electron chi connectivity index (χ4n) is 2.63. The van der Waals surface area contributed by atoms with Crippen molar-refractivity contribution >= 4 is 15.9 Å². The Hall–Kier alpha value is -1.60. The molecule has 1 heterocycles. The largest absolute Gasteiger partial charge is 0.337 e. The molecule has 0 atom stereocenters. The van der Waals surface area contributed by atoms with Gasteiger partial charge < -0.3 is 10.2 Å². The smallest absolute Gasteiger partial charge is 0.317 e. The topological polar surface area (TPSA) is 69.7 Å². The summed E-state index contributed by atoms with van der Waals surface area (Å²) in [5.41, 5.74) is 1.28. The maximum atomic E-state index is 12.1. The van der Waals surface area contributed by atoms with Crippen molar-refractivity contribution in [3.05, 3.63) is 35.9 Å². The number of nitrogens with zero attached hydrogens (tertiary/aromatic N) is 2. The van der Waals surface area contributed by atoms with Crippen molar-refractivity contribution in [3.8, 4) is 0 Å². The first-order chi connectivity index (χ1) is 10.9. The number of carbonyl (C=O) groups excluding carboxylic acids is 1. The van der Waals surface area contributed by atoms with Crippen LogP contribution >= 0.6 is 0 Å². The second-order valence-electron chi connectivity index (χ2n) is 5.96. The molecule has 6 nitrogen and oxygen atoms in total. The van der Waals surface area contributed by atoms with Gasteiger partial charge in [0, 0.05) is 45.5 Å². The zero-order chi connectivity index (χ0) is 16.7. The van der Waals surface area contributed by atoms with E-state index in [9.17, 15) is 13.2 Å². The van der Waals surface area contributed by atoms with Crippen LogP contribution in [0.3, 0.4) is 0 Å². The number of amides is 2. The maximum Gasteiger partial charge on any atom is 0.317 e. The number of rotatable bonds is 5. The van der Waals surface area contributed by atoms with Crippen molar-refractivity contribution in [2.24, 2.45) is 0 Å². The van der Waals surface area contributed by atoms with Gasteiger partial charge in [-0.2, -0.15) is 0 Å². The molecule has 2 rings (SSSR count). The molecule has 7 heteroatoms. The van der Waals surface area contributed by atoms with Gasteiger partial charge in [-0.25, -0.2) is 13.2 Å². The Morgan fingerprint density at radius 3 is 2.57 bits per heavy atom. The lowest BCUT2D eigenvalue weighted by molar-refractivity contribution is 0.198. The van der Waals surface area contributed by atoms with Crippen LogP contribution in [0.5, 0.6) is 0 Å². The third kappa shape index (κ3) is 6.58. The number of carbonyl (C=O) groups is 1. The van der Waals surface area contributed by atoms with Gasteiger partial charge in [0.1, 0.15) is 9.84 Å². The Labute approximate surface area is 138 Å². The summed E-state index contributed by atoms with van der Waals surface area (Å²) < 4.78 is 22.2. The van der Waals surface area contributed by atoms with E-state index in [1.165, 1.54) is 11.8 Å². The fraction of sp³-hybridized carbons (Fsp3) is 0.562. The van der Waals surface area contributed by atoms with Gasteiger partial charge in [0.05, 0.1) is 5.75 Å². The van der Waals surface area contributed by atoms with Crippen LogP contribution in [0.4, 0.5) is 4.79 Å². The summed E-state index contributed by atoms with van der Waals surface area (Å²) in [7, 11) is -3.04. The molecule has 128 valence electrons. The van der Waals surface area contributed by atoms with E-state index in [0.717, 1.165) is 26.1 Å². The monoisotopic (exact) mass is 339 g/mol. The lowest BCUT2D eigenvalue weighted by Gasteiger charge is -2.22. The molecule has 0 unspecified atom stereocenters.